The molecule has 6 nitrogen and oxygen atoms in total. The van der Waals surface area contributed by atoms with E-state index in [-0.39, 0.29) is 17.7 Å². The molecule has 2 heterocycles. The summed E-state index contributed by atoms with van der Waals surface area (Å²) in [4.78, 5) is 28.8. The Morgan fingerprint density at radius 3 is 2.38 bits per heavy atom. The topological polar surface area (TPSA) is 61.9 Å². The van der Waals surface area contributed by atoms with E-state index in [0.29, 0.717) is 11.7 Å². The van der Waals surface area contributed by atoms with Crippen LogP contribution in [0.3, 0.4) is 0 Å². The molecule has 6 heteroatoms. The summed E-state index contributed by atoms with van der Waals surface area (Å²) >= 11 is 0. The number of piperazine rings is 1. The third kappa shape index (κ3) is 4.24. The van der Waals surface area contributed by atoms with Crippen LogP contribution in [0.5, 0.6) is 0 Å². The summed E-state index contributed by atoms with van der Waals surface area (Å²) in [5.41, 5.74) is 1.45. The molecule has 3 fully saturated rings. The van der Waals surface area contributed by atoms with Crippen LogP contribution in [-0.2, 0) is 9.53 Å². The lowest BCUT2D eigenvalue weighted by atomic mass is 10.1. The molecule has 2 amide bonds. The number of rotatable bonds is 5. The van der Waals surface area contributed by atoms with E-state index in [4.69, 9.17) is 4.74 Å². The van der Waals surface area contributed by atoms with Crippen LogP contribution in [0.25, 0.3) is 0 Å². The Hall–Kier alpha value is -1.92. The molecule has 1 aliphatic carbocycles. The van der Waals surface area contributed by atoms with E-state index in [1.807, 2.05) is 29.2 Å². The van der Waals surface area contributed by atoms with Gasteiger partial charge in [0.05, 0.1) is 6.10 Å². The fourth-order valence-electron chi connectivity index (χ4n) is 3.68. The molecule has 1 atom stereocenters. The second-order valence-corrected chi connectivity index (χ2v) is 7.57. The van der Waals surface area contributed by atoms with Gasteiger partial charge in [0.25, 0.3) is 5.91 Å². The summed E-state index contributed by atoms with van der Waals surface area (Å²) < 4.78 is 5.70. The Balaban J connectivity index is 1.26. The van der Waals surface area contributed by atoms with Gasteiger partial charge in [-0.25, -0.2) is 0 Å². The zero-order valence-electron chi connectivity index (χ0n) is 15.2. The molecule has 2 aliphatic heterocycles. The van der Waals surface area contributed by atoms with Crippen LogP contribution >= 0.6 is 0 Å². The molecule has 1 unspecified atom stereocenters. The Labute approximate surface area is 154 Å². The van der Waals surface area contributed by atoms with Crippen molar-refractivity contribution in [1.29, 1.82) is 0 Å². The fourth-order valence-corrected chi connectivity index (χ4v) is 3.68. The van der Waals surface area contributed by atoms with Gasteiger partial charge in [0.1, 0.15) is 0 Å². The molecule has 1 N–H and O–H groups in total. The molecular weight excluding hydrogens is 330 g/mol. The number of ether oxygens (including phenoxy) is 1. The molecule has 0 spiro atoms. The van der Waals surface area contributed by atoms with Gasteiger partial charge in [0.2, 0.25) is 5.91 Å². The lowest BCUT2D eigenvalue weighted by Crippen LogP contribution is -2.50. The highest BCUT2D eigenvalue weighted by Crippen LogP contribution is 2.30. The molecule has 2 saturated heterocycles. The highest BCUT2D eigenvalue weighted by atomic mass is 16.5. The average molecular weight is 357 g/mol. The van der Waals surface area contributed by atoms with Gasteiger partial charge in [0.15, 0.2) is 0 Å². The third-order valence-corrected chi connectivity index (χ3v) is 5.49. The first kappa shape index (κ1) is 17.5. The highest BCUT2D eigenvalue weighted by molar-refractivity contribution is 5.96. The molecule has 1 aromatic rings. The lowest BCUT2D eigenvalue weighted by molar-refractivity contribution is -0.117. The van der Waals surface area contributed by atoms with Crippen molar-refractivity contribution in [2.24, 2.45) is 5.92 Å². The fraction of sp³-hybridized carbons (Fsp3) is 0.600. The minimum atomic E-state index is 0.0711. The summed E-state index contributed by atoms with van der Waals surface area (Å²) in [6.07, 6.45) is 4.67. The van der Waals surface area contributed by atoms with Crippen molar-refractivity contribution < 1.29 is 14.3 Å². The maximum atomic E-state index is 12.7. The van der Waals surface area contributed by atoms with Gasteiger partial charge in [-0.3, -0.25) is 14.5 Å². The first-order chi connectivity index (χ1) is 12.7. The normalized spacial score (nSPS) is 23.8. The maximum Gasteiger partial charge on any atom is 0.253 e. The van der Waals surface area contributed by atoms with E-state index in [1.165, 1.54) is 6.42 Å². The quantitative estimate of drug-likeness (QED) is 0.875. The van der Waals surface area contributed by atoms with E-state index in [0.717, 1.165) is 64.3 Å². The number of amides is 2. The van der Waals surface area contributed by atoms with Gasteiger partial charge >= 0.3 is 0 Å². The van der Waals surface area contributed by atoms with Gasteiger partial charge in [-0.05, 0) is 49.9 Å². The number of benzene rings is 1. The predicted molar refractivity (Wildman–Crippen MR) is 99.1 cm³/mol. The second kappa shape index (κ2) is 7.76. The molecule has 1 saturated carbocycles. The van der Waals surface area contributed by atoms with Gasteiger partial charge < -0.3 is 15.0 Å². The van der Waals surface area contributed by atoms with Gasteiger partial charge in [-0.2, -0.15) is 0 Å². The van der Waals surface area contributed by atoms with Crippen molar-refractivity contribution in [3.8, 4) is 0 Å². The standard InChI is InChI=1S/C20H27N3O3/c24-19(15-3-4-15)21-17-7-5-16(6-8-17)20(25)23-11-9-22(10-12-23)14-18-2-1-13-26-18/h5-8,15,18H,1-4,9-14H2,(H,21,24). The number of carbonyl (C=O) groups is 2. The highest BCUT2D eigenvalue weighted by Gasteiger charge is 2.29. The Bertz CT molecular complexity index is 643. The molecule has 3 aliphatic rings. The molecule has 0 aromatic heterocycles. The van der Waals surface area contributed by atoms with E-state index in [9.17, 15) is 9.59 Å². The Kier molecular flexibility index (Phi) is 5.22. The maximum absolute atomic E-state index is 12.7. The molecule has 0 bridgehead atoms. The summed E-state index contributed by atoms with van der Waals surface area (Å²) in [6, 6.07) is 7.26. The minimum Gasteiger partial charge on any atom is -0.377 e. The first-order valence-corrected chi connectivity index (χ1v) is 9.73. The van der Waals surface area contributed by atoms with Crippen molar-refractivity contribution >= 4 is 17.5 Å². The molecule has 140 valence electrons. The molecule has 1 aromatic carbocycles. The van der Waals surface area contributed by atoms with Crippen LogP contribution in [0.2, 0.25) is 0 Å². The summed E-state index contributed by atoms with van der Waals surface area (Å²) in [6.45, 7) is 5.19. The van der Waals surface area contributed by atoms with Crippen molar-refractivity contribution in [3.05, 3.63) is 29.8 Å². The zero-order chi connectivity index (χ0) is 17.9. The molecular formula is C20H27N3O3. The van der Waals surface area contributed by atoms with Crippen LogP contribution in [0.1, 0.15) is 36.0 Å². The van der Waals surface area contributed by atoms with E-state index >= 15 is 0 Å². The van der Waals surface area contributed by atoms with Crippen molar-refractivity contribution in [2.45, 2.75) is 31.8 Å². The summed E-state index contributed by atoms with van der Waals surface area (Å²) in [5, 5.41) is 2.91. The van der Waals surface area contributed by atoms with Gasteiger partial charge in [-0.15, -0.1) is 0 Å². The lowest BCUT2D eigenvalue weighted by Gasteiger charge is -2.35. The molecule has 26 heavy (non-hydrogen) atoms. The second-order valence-electron chi connectivity index (χ2n) is 7.57. The smallest absolute Gasteiger partial charge is 0.253 e. The Morgan fingerprint density at radius 2 is 1.77 bits per heavy atom. The van der Waals surface area contributed by atoms with E-state index < -0.39 is 0 Å². The summed E-state index contributed by atoms with van der Waals surface area (Å²) in [5.74, 6) is 0.343. The number of nitrogens with one attached hydrogen (secondary N) is 1. The zero-order valence-corrected chi connectivity index (χ0v) is 15.2. The number of nitrogens with zero attached hydrogens (tertiary/aromatic N) is 2. The van der Waals surface area contributed by atoms with E-state index in [1.54, 1.807) is 0 Å². The average Bonchev–Trinajstić information content (AvgIpc) is 3.40. The largest absolute Gasteiger partial charge is 0.377 e. The van der Waals surface area contributed by atoms with Crippen LogP contribution in [0.4, 0.5) is 5.69 Å². The van der Waals surface area contributed by atoms with Crippen LogP contribution in [0, 0.1) is 5.92 Å². The Morgan fingerprint density at radius 1 is 1.04 bits per heavy atom. The van der Waals surface area contributed by atoms with Gasteiger partial charge in [-0.1, -0.05) is 0 Å². The number of carbonyl (C=O) groups excluding carboxylic acids is 2. The third-order valence-electron chi connectivity index (χ3n) is 5.49. The van der Waals surface area contributed by atoms with Crippen molar-refractivity contribution in [3.63, 3.8) is 0 Å². The number of hydrogen-bond donors (Lipinski definition) is 1. The van der Waals surface area contributed by atoms with E-state index in [2.05, 4.69) is 10.2 Å². The summed E-state index contributed by atoms with van der Waals surface area (Å²) in [7, 11) is 0. The minimum absolute atomic E-state index is 0.0711. The van der Waals surface area contributed by atoms with Crippen molar-refractivity contribution in [1.82, 2.24) is 9.80 Å². The monoisotopic (exact) mass is 357 g/mol. The SMILES string of the molecule is O=C(Nc1ccc(C(=O)N2CCN(CC3CCCO3)CC2)cc1)C1CC1. The first-order valence-electron chi connectivity index (χ1n) is 9.73. The van der Waals surface area contributed by atoms with Crippen molar-refractivity contribution in [2.75, 3.05) is 44.6 Å². The number of hydrogen-bond acceptors (Lipinski definition) is 4. The van der Waals surface area contributed by atoms with Crippen LogP contribution in [0.15, 0.2) is 24.3 Å². The van der Waals surface area contributed by atoms with Crippen LogP contribution < -0.4 is 5.32 Å². The molecule has 4 rings (SSSR count). The predicted octanol–water partition coefficient (Wildman–Crippen LogP) is 1.97. The van der Waals surface area contributed by atoms with Gasteiger partial charge in [0, 0.05) is 56.5 Å². The number of anilines is 1. The van der Waals surface area contributed by atoms with Crippen LogP contribution in [-0.4, -0.2) is 67.0 Å². The molecule has 0 radical (unpaired) electrons.